The molecule has 0 radical (unpaired) electrons. The number of aliphatic hydroxyl groups is 1. The van der Waals surface area contributed by atoms with Gasteiger partial charge in [0.05, 0.1) is 18.7 Å². The molecule has 0 aromatic heterocycles. The van der Waals surface area contributed by atoms with Gasteiger partial charge in [-0.25, -0.2) is 4.39 Å². The van der Waals surface area contributed by atoms with Gasteiger partial charge in [0.15, 0.2) is 11.5 Å². The number of benzene rings is 2. The van der Waals surface area contributed by atoms with Crippen molar-refractivity contribution in [3.8, 4) is 11.5 Å². The fourth-order valence-electron chi connectivity index (χ4n) is 1.93. The number of halogens is 2. The molecule has 0 amide bonds. The van der Waals surface area contributed by atoms with Crippen LogP contribution in [0.1, 0.15) is 17.2 Å². The maximum atomic E-state index is 13.5. The van der Waals surface area contributed by atoms with Crippen molar-refractivity contribution in [3.63, 3.8) is 0 Å². The van der Waals surface area contributed by atoms with Crippen LogP contribution in [-0.4, -0.2) is 19.3 Å². The van der Waals surface area contributed by atoms with E-state index >= 15 is 0 Å². The van der Waals surface area contributed by atoms with Gasteiger partial charge in [0.25, 0.3) is 0 Å². The predicted molar refractivity (Wildman–Crippen MR) is 77.7 cm³/mol. The van der Waals surface area contributed by atoms with E-state index in [2.05, 4.69) is 15.9 Å². The summed E-state index contributed by atoms with van der Waals surface area (Å²) in [6.07, 6.45) is -0.958. The van der Waals surface area contributed by atoms with Gasteiger partial charge < -0.3 is 14.6 Å². The maximum Gasteiger partial charge on any atom is 0.161 e. The first-order chi connectivity index (χ1) is 9.58. The van der Waals surface area contributed by atoms with E-state index in [0.29, 0.717) is 22.6 Å². The largest absolute Gasteiger partial charge is 0.493 e. The van der Waals surface area contributed by atoms with E-state index in [4.69, 9.17) is 9.47 Å². The summed E-state index contributed by atoms with van der Waals surface area (Å²) in [5.41, 5.74) is 1.05. The van der Waals surface area contributed by atoms with Crippen LogP contribution < -0.4 is 9.47 Å². The Balaban J connectivity index is 2.43. The summed E-state index contributed by atoms with van der Waals surface area (Å²) in [6, 6.07) is 9.62. The predicted octanol–water partition coefficient (Wildman–Crippen LogP) is 3.69. The van der Waals surface area contributed by atoms with Crippen LogP contribution in [0.15, 0.2) is 40.9 Å². The van der Waals surface area contributed by atoms with E-state index in [9.17, 15) is 9.50 Å². The second-order valence-electron chi connectivity index (χ2n) is 4.16. The van der Waals surface area contributed by atoms with E-state index in [1.165, 1.54) is 20.3 Å². The summed E-state index contributed by atoms with van der Waals surface area (Å²) in [4.78, 5) is 0. The number of hydrogen-bond acceptors (Lipinski definition) is 3. The third kappa shape index (κ3) is 2.78. The van der Waals surface area contributed by atoms with Crippen molar-refractivity contribution in [2.24, 2.45) is 0 Å². The van der Waals surface area contributed by atoms with Gasteiger partial charge in [-0.2, -0.15) is 0 Å². The molecule has 20 heavy (non-hydrogen) atoms. The molecule has 106 valence electrons. The molecule has 0 fully saturated rings. The van der Waals surface area contributed by atoms with Crippen LogP contribution in [0.3, 0.4) is 0 Å². The van der Waals surface area contributed by atoms with Crippen LogP contribution in [0.5, 0.6) is 11.5 Å². The van der Waals surface area contributed by atoms with Crippen molar-refractivity contribution in [3.05, 3.63) is 57.8 Å². The van der Waals surface area contributed by atoms with Crippen LogP contribution in [0, 0.1) is 5.82 Å². The summed E-state index contributed by atoms with van der Waals surface area (Å²) in [6.45, 7) is 0. The fraction of sp³-hybridized carbons (Fsp3) is 0.200. The molecule has 0 heterocycles. The van der Waals surface area contributed by atoms with Gasteiger partial charge in [-0.3, -0.25) is 0 Å². The highest BCUT2D eigenvalue weighted by atomic mass is 79.9. The summed E-state index contributed by atoms with van der Waals surface area (Å²) < 4.78 is 24.1. The van der Waals surface area contributed by atoms with Gasteiger partial charge in [-0.1, -0.05) is 18.2 Å². The molecule has 0 saturated carbocycles. The molecule has 1 unspecified atom stereocenters. The minimum Gasteiger partial charge on any atom is -0.493 e. The number of aliphatic hydroxyl groups excluding tert-OH is 1. The second kappa shape index (κ2) is 6.24. The van der Waals surface area contributed by atoms with Gasteiger partial charge in [-0.05, 0) is 39.7 Å². The molecule has 2 aromatic rings. The highest BCUT2D eigenvalue weighted by molar-refractivity contribution is 9.10. The Morgan fingerprint density at radius 2 is 1.80 bits per heavy atom. The molecule has 0 saturated heterocycles. The minimum atomic E-state index is -0.958. The number of ether oxygens (including phenoxy) is 2. The van der Waals surface area contributed by atoms with E-state index in [-0.39, 0.29) is 4.47 Å². The van der Waals surface area contributed by atoms with Crippen molar-refractivity contribution >= 4 is 15.9 Å². The van der Waals surface area contributed by atoms with Crippen molar-refractivity contribution in [1.29, 1.82) is 0 Å². The standard InChI is InChI=1S/C15H14BrFO3/c1-19-12-7-6-9(8-13(12)20-2)15(18)10-4-3-5-11(17)14(10)16/h3-8,15,18H,1-2H3. The summed E-state index contributed by atoms with van der Waals surface area (Å²) in [5.74, 6) is 0.667. The van der Waals surface area contributed by atoms with Crippen molar-refractivity contribution in [1.82, 2.24) is 0 Å². The molecule has 0 aliphatic carbocycles. The third-order valence-electron chi connectivity index (χ3n) is 3.00. The SMILES string of the molecule is COc1ccc(C(O)c2cccc(F)c2Br)cc1OC. The highest BCUT2D eigenvalue weighted by Gasteiger charge is 2.17. The average Bonchev–Trinajstić information content (AvgIpc) is 2.48. The first-order valence-electron chi connectivity index (χ1n) is 5.92. The molecule has 0 bridgehead atoms. The average molecular weight is 341 g/mol. The Morgan fingerprint density at radius 1 is 1.10 bits per heavy atom. The van der Waals surface area contributed by atoms with Gasteiger partial charge in [0.1, 0.15) is 11.9 Å². The van der Waals surface area contributed by atoms with Gasteiger partial charge in [-0.15, -0.1) is 0 Å². The Kier molecular flexibility index (Phi) is 4.62. The molecule has 0 spiro atoms. The molecule has 2 aromatic carbocycles. The van der Waals surface area contributed by atoms with Gasteiger partial charge in [0.2, 0.25) is 0 Å². The zero-order chi connectivity index (χ0) is 14.7. The molecule has 0 aliphatic heterocycles. The quantitative estimate of drug-likeness (QED) is 0.922. The van der Waals surface area contributed by atoms with E-state index < -0.39 is 11.9 Å². The van der Waals surface area contributed by atoms with Crippen LogP contribution in [0.4, 0.5) is 4.39 Å². The molecule has 5 heteroatoms. The second-order valence-corrected chi connectivity index (χ2v) is 4.95. The van der Waals surface area contributed by atoms with Crippen LogP contribution in [0.2, 0.25) is 0 Å². The summed E-state index contributed by atoms with van der Waals surface area (Å²) >= 11 is 3.15. The number of rotatable bonds is 4. The maximum absolute atomic E-state index is 13.5. The summed E-state index contributed by atoms with van der Waals surface area (Å²) in [7, 11) is 3.06. The van der Waals surface area contributed by atoms with Gasteiger partial charge in [0, 0.05) is 5.56 Å². The summed E-state index contributed by atoms with van der Waals surface area (Å²) in [5, 5.41) is 10.4. The van der Waals surface area contributed by atoms with Crippen LogP contribution >= 0.6 is 15.9 Å². The molecular formula is C15H14BrFO3. The molecule has 1 N–H and O–H groups in total. The Morgan fingerprint density at radius 3 is 2.45 bits per heavy atom. The number of methoxy groups -OCH3 is 2. The lowest BCUT2D eigenvalue weighted by molar-refractivity contribution is 0.218. The monoisotopic (exact) mass is 340 g/mol. The van der Waals surface area contributed by atoms with E-state index in [0.717, 1.165) is 0 Å². The van der Waals surface area contributed by atoms with Crippen molar-refractivity contribution in [2.75, 3.05) is 14.2 Å². The van der Waals surface area contributed by atoms with Gasteiger partial charge >= 0.3 is 0 Å². The lowest BCUT2D eigenvalue weighted by atomic mass is 10.0. The Labute approximate surface area is 125 Å². The zero-order valence-corrected chi connectivity index (χ0v) is 12.6. The molecule has 2 rings (SSSR count). The molecule has 1 atom stereocenters. The first kappa shape index (κ1) is 14.8. The Bertz CT molecular complexity index is 616. The molecule has 0 aliphatic rings. The highest BCUT2D eigenvalue weighted by Crippen LogP contribution is 2.35. The van der Waals surface area contributed by atoms with Crippen molar-refractivity contribution < 1.29 is 19.0 Å². The Hall–Kier alpha value is -1.59. The third-order valence-corrected chi connectivity index (χ3v) is 3.84. The first-order valence-corrected chi connectivity index (χ1v) is 6.71. The lowest BCUT2D eigenvalue weighted by Crippen LogP contribution is -2.03. The molecule has 3 nitrogen and oxygen atoms in total. The van der Waals surface area contributed by atoms with Crippen LogP contribution in [-0.2, 0) is 0 Å². The minimum absolute atomic E-state index is 0.252. The number of hydrogen-bond donors (Lipinski definition) is 1. The van der Waals surface area contributed by atoms with Crippen molar-refractivity contribution in [2.45, 2.75) is 6.10 Å². The molecular weight excluding hydrogens is 327 g/mol. The zero-order valence-electron chi connectivity index (χ0n) is 11.1. The topological polar surface area (TPSA) is 38.7 Å². The lowest BCUT2D eigenvalue weighted by Gasteiger charge is -2.16. The van der Waals surface area contributed by atoms with Crippen LogP contribution in [0.25, 0.3) is 0 Å². The van der Waals surface area contributed by atoms with E-state index in [1.54, 1.807) is 30.3 Å². The van der Waals surface area contributed by atoms with E-state index in [1.807, 2.05) is 0 Å². The smallest absolute Gasteiger partial charge is 0.161 e. The normalized spacial score (nSPS) is 12.1. The fourth-order valence-corrected chi connectivity index (χ4v) is 2.42.